The van der Waals surface area contributed by atoms with Crippen LogP contribution >= 0.6 is 0 Å². The maximum Gasteiger partial charge on any atom is 0.177 e. The summed E-state index contributed by atoms with van der Waals surface area (Å²) in [6.45, 7) is 8.79. The topological polar surface area (TPSA) is 34.9 Å². The first-order valence-electron chi connectivity index (χ1n) is 4.41. The molecule has 0 fully saturated rings. The highest BCUT2D eigenvalue weighted by Gasteiger charge is 2.14. The fourth-order valence-electron chi connectivity index (χ4n) is 1.25. The van der Waals surface area contributed by atoms with Crippen LogP contribution in [0.1, 0.15) is 38.2 Å². The second kappa shape index (κ2) is 3.32. The molecule has 0 aromatic carbocycles. The van der Waals surface area contributed by atoms with Gasteiger partial charge >= 0.3 is 0 Å². The van der Waals surface area contributed by atoms with Crippen LogP contribution in [0.15, 0.2) is 12.5 Å². The van der Waals surface area contributed by atoms with E-state index in [0.717, 1.165) is 6.54 Å². The van der Waals surface area contributed by atoms with Gasteiger partial charge in [-0.05, 0) is 5.41 Å². The van der Waals surface area contributed by atoms with Crippen molar-refractivity contribution in [2.24, 2.45) is 5.41 Å². The minimum Gasteiger partial charge on any atom is -0.328 e. The molecule has 1 aromatic heterocycles. The Bertz CT molecular complexity index is 307. The second-order valence-electron chi connectivity index (χ2n) is 4.52. The summed E-state index contributed by atoms with van der Waals surface area (Å²) in [4.78, 5) is 15.1. The fourth-order valence-corrected chi connectivity index (χ4v) is 1.25. The van der Waals surface area contributed by atoms with Crippen LogP contribution in [-0.4, -0.2) is 15.3 Å². The van der Waals surface area contributed by atoms with Crippen LogP contribution in [0.25, 0.3) is 0 Å². The number of ketones is 1. The largest absolute Gasteiger partial charge is 0.328 e. The van der Waals surface area contributed by atoms with Gasteiger partial charge in [-0.2, -0.15) is 0 Å². The first-order valence-corrected chi connectivity index (χ1v) is 4.41. The summed E-state index contributed by atoms with van der Waals surface area (Å²) in [6.07, 6.45) is 3.33. The van der Waals surface area contributed by atoms with Crippen molar-refractivity contribution in [1.82, 2.24) is 9.55 Å². The first-order chi connectivity index (χ1) is 5.90. The van der Waals surface area contributed by atoms with E-state index >= 15 is 0 Å². The summed E-state index contributed by atoms with van der Waals surface area (Å²) in [6, 6.07) is 0. The van der Waals surface area contributed by atoms with E-state index in [2.05, 4.69) is 25.8 Å². The van der Waals surface area contributed by atoms with E-state index in [1.165, 1.54) is 0 Å². The Labute approximate surface area is 78.8 Å². The van der Waals surface area contributed by atoms with Gasteiger partial charge in [-0.3, -0.25) is 4.79 Å². The van der Waals surface area contributed by atoms with Gasteiger partial charge in [0.15, 0.2) is 5.78 Å². The number of imidazole rings is 1. The molecule has 13 heavy (non-hydrogen) atoms. The molecule has 1 aromatic rings. The molecule has 0 amide bonds. The first kappa shape index (κ1) is 9.96. The molecule has 0 bridgehead atoms. The van der Waals surface area contributed by atoms with Crippen molar-refractivity contribution in [3.63, 3.8) is 0 Å². The second-order valence-corrected chi connectivity index (χ2v) is 4.52. The van der Waals surface area contributed by atoms with E-state index in [-0.39, 0.29) is 11.2 Å². The van der Waals surface area contributed by atoms with Gasteiger partial charge < -0.3 is 4.57 Å². The van der Waals surface area contributed by atoms with E-state index in [1.54, 1.807) is 19.4 Å². The molecular weight excluding hydrogens is 164 g/mol. The van der Waals surface area contributed by atoms with E-state index in [9.17, 15) is 4.79 Å². The van der Waals surface area contributed by atoms with Crippen LogP contribution in [-0.2, 0) is 6.54 Å². The summed E-state index contributed by atoms with van der Waals surface area (Å²) < 4.78 is 1.91. The van der Waals surface area contributed by atoms with Gasteiger partial charge in [-0.25, -0.2) is 4.98 Å². The Hall–Kier alpha value is -1.12. The van der Waals surface area contributed by atoms with Gasteiger partial charge in [0.1, 0.15) is 5.69 Å². The normalized spacial score (nSPS) is 11.7. The van der Waals surface area contributed by atoms with Gasteiger partial charge in [0, 0.05) is 13.5 Å². The molecule has 3 nitrogen and oxygen atoms in total. The van der Waals surface area contributed by atoms with Crippen LogP contribution in [0.4, 0.5) is 0 Å². The Kier molecular flexibility index (Phi) is 2.55. The number of Topliss-reactive ketones (excluding diaryl/α,β-unsaturated/α-hetero) is 1. The summed E-state index contributed by atoms with van der Waals surface area (Å²) >= 11 is 0. The van der Waals surface area contributed by atoms with Crippen LogP contribution in [0.3, 0.4) is 0 Å². The summed E-state index contributed by atoms with van der Waals surface area (Å²) in [5, 5.41) is 0. The number of nitrogens with zero attached hydrogens (tertiary/aromatic N) is 2. The molecule has 0 radical (unpaired) electrons. The lowest BCUT2D eigenvalue weighted by molar-refractivity contribution is 0.100. The molecule has 0 aliphatic rings. The fraction of sp³-hybridized carbons (Fsp3) is 0.600. The summed E-state index contributed by atoms with van der Waals surface area (Å²) in [7, 11) is 0. The number of hydrogen-bond donors (Lipinski definition) is 0. The number of hydrogen-bond acceptors (Lipinski definition) is 2. The van der Waals surface area contributed by atoms with Crippen molar-refractivity contribution < 1.29 is 4.79 Å². The summed E-state index contributed by atoms with van der Waals surface area (Å²) in [5.41, 5.74) is 0.861. The standard InChI is InChI=1S/C10H16N2O/c1-8(13)9-5-11-7-12(9)6-10(2,3)4/h5,7H,6H2,1-4H3. The average molecular weight is 180 g/mol. The predicted octanol–water partition coefficient (Wildman–Crippen LogP) is 2.13. The third-order valence-corrected chi connectivity index (χ3v) is 1.72. The zero-order valence-electron chi connectivity index (χ0n) is 8.66. The molecule has 1 rings (SSSR count). The Morgan fingerprint density at radius 1 is 1.54 bits per heavy atom. The molecule has 0 spiro atoms. The van der Waals surface area contributed by atoms with Crippen molar-refractivity contribution in [3.05, 3.63) is 18.2 Å². The van der Waals surface area contributed by atoms with Crippen LogP contribution in [0.2, 0.25) is 0 Å². The SMILES string of the molecule is CC(=O)c1cncn1CC(C)(C)C. The Balaban J connectivity index is 2.89. The van der Waals surface area contributed by atoms with E-state index < -0.39 is 0 Å². The highest BCUT2D eigenvalue weighted by atomic mass is 16.1. The lowest BCUT2D eigenvalue weighted by Gasteiger charge is -2.19. The van der Waals surface area contributed by atoms with Gasteiger partial charge in [-0.1, -0.05) is 20.8 Å². The van der Waals surface area contributed by atoms with Crippen LogP contribution in [0.5, 0.6) is 0 Å². The highest BCUT2D eigenvalue weighted by Crippen LogP contribution is 2.17. The number of carbonyl (C=O) groups is 1. The van der Waals surface area contributed by atoms with Crippen LogP contribution < -0.4 is 0 Å². The number of carbonyl (C=O) groups excluding carboxylic acids is 1. The molecule has 0 saturated carbocycles. The molecule has 0 unspecified atom stereocenters. The van der Waals surface area contributed by atoms with Crippen molar-refractivity contribution >= 4 is 5.78 Å². The highest BCUT2D eigenvalue weighted by molar-refractivity contribution is 5.92. The van der Waals surface area contributed by atoms with E-state index in [1.807, 2.05) is 4.57 Å². The molecule has 0 atom stereocenters. The van der Waals surface area contributed by atoms with E-state index in [4.69, 9.17) is 0 Å². The maximum atomic E-state index is 11.2. The van der Waals surface area contributed by atoms with Gasteiger partial charge in [0.25, 0.3) is 0 Å². The van der Waals surface area contributed by atoms with Crippen LogP contribution in [0, 0.1) is 5.41 Å². The van der Waals surface area contributed by atoms with Gasteiger partial charge in [-0.15, -0.1) is 0 Å². The minimum absolute atomic E-state index is 0.0711. The summed E-state index contributed by atoms with van der Waals surface area (Å²) in [5.74, 6) is 0.0711. The molecular formula is C10H16N2O. The molecule has 1 heterocycles. The molecule has 3 heteroatoms. The van der Waals surface area contributed by atoms with E-state index in [0.29, 0.717) is 5.69 Å². The van der Waals surface area contributed by atoms with Crippen molar-refractivity contribution in [1.29, 1.82) is 0 Å². The average Bonchev–Trinajstić information content (AvgIpc) is 2.31. The predicted molar refractivity (Wildman–Crippen MR) is 51.7 cm³/mol. The van der Waals surface area contributed by atoms with Crippen molar-refractivity contribution in [3.8, 4) is 0 Å². The monoisotopic (exact) mass is 180 g/mol. The third kappa shape index (κ3) is 2.68. The smallest absolute Gasteiger partial charge is 0.177 e. The number of aromatic nitrogens is 2. The van der Waals surface area contributed by atoms with Crippen molar-refractivity contribution in [2.45, 2.75) is 34.2 Å². The van der Waals surface area contributed by atoms with Gasteiger partial charge in [0.05, 0.1) is 12.5 Å². The zero-order valence-corrected chi connectivity index (χ0v) is 8.66. The molecule has 0 N–H and O–H groups in total. The zero-order chi connectivity index (χ0) is 10.1. The lowest BCUT2D eigenvalue weighted by Crippen LogP contribution is -2.17. The number of rotatable bonds is 2. The quantitative estimate of drug-likeness (QED) is 0.653. The Morgan fingerprint density at radius 3 is 2.62 bits per heavy atom. The molecule has 0 aliphatic carbocycles. The maximum absolute atomic E-state index is 11.2. The van der Waals surface area contributed by atoms with Gasteiger partial charge in [0.2, 0.25) is 0 Å². The molecule has 0 saturated heterocycles. The Morgan fingerprint density at radius 2 is 2.15 bits per heavy atom. The molecule has 0 aliphatic heterocycles. The third-order valence-electron chi connectivity index (χ3n) is 1.72. The lowest BCUT2D eigenvalue weighted by atomic mass is 9.97. The minimum atomic E-state index is 0.0711. The molecule has 72 valence electrons. The van der Waals surface area contributed by atoms with Crippen molar-refractivity contribution in [2.75, 3.05) is 0 Å².